The van der Waals surface area contributed by atoms with Crippen LogP contribution < -0.4 is 5.32 Å². The standard InChI is InChI=1S/C20H29N3O2/c1-15(2)12-19(24)21-13-16-7-9-17(10-8-16)20(25)23(4)18-6-5-11-22(3)14-18/h7-10,12,18H,5-6,11,13-14H2,1-4H3,(H,21,24)/t18-/m1/s1. The van der Waals surface area contributed by atoms with Crippen molar-refractivity contribution >= 4 is 11.8 Å². The fourth-order valence-corrected chi connectivity index (χ4v) is 3.09. The van der Waals surface area contributed by atoms with Crippen LogP contribution in [0.1, 0.15) is 42.6 Å². The van der Waals surface area contributed by atoms with Gasteiger partial charge in [0, 0.05) is 37.8 Å². The Bertz CT molecular complexity index is 633. The molecule has 1 aromatic rings. The molecule has 0 spiro atoms. The largest absolute Gasteiger partial charge is 0.348 e. The summed E-state index contributed by atoms with van der Waals surface area (Å²) in [4.78, 5) is 28.5. The summed E-state index contributed by atoms with van der Waals surface area (Å²) in [5, 5.41) is 2.84. The van der Waals surface area contributed by atoms with E-state index in [9.17, 15) is 9.59 Å². The molecule has 0 radical (unpaired) electrons. The molecule has 5 heteroatoms. The third kappa shape index (κ3) is 5.71. The molecular formula is C20H29N3O2. The Kier molecular flexibility index (Phi) is 6.76. The lowest BCUT2D eigenvalue weighted by Crippen LogP contribution is -2.47. The summed E-state index contributed by atoms with van der Waals surface area (Å²) in [6, 6.07) is 7.75. The van der Waals surface area contributed by atoms with Crippen LogP contribution in [0, 0.1) is 0 Å². The second-order valence-electron chi connectivity index (χ2n) is 7.11. The van der Waals surface area contributed by atoms with E-state index >= 15 is 0 Å². The Morgan fingerprint density at radius 3 is 2.56 bits per heavy atom. The predicted molar refractivity (Wildman–Crippen MR) is 100 cm³/mol. The van der Waals surface area contributed by atoms with Crippen molar-refractivity contribution < 1.29 is 9.59 Å². The van der Waals surface area contributed by atoms with Crippen LogP contribution in [0.2, 0.25) is 0 Å². The first-order valence-corrected chi connectivity index (χ1v) is 8.84. The number of allylic oxidation sites excluding steroid dienone is 1. The molecule has 1 N–H and O–H groups in total. The first-order chi connectivity index (χ1) is 11.9. The molecule has 2 amide bonds. The summed E-state index contributed by atoms with van der Waals surface area (Å²) in [5.41, 5.74) is 2.64. The summed E-state index contributed by atoms with van der Waals surface area (Å²) in [6.45, 7) is 6.27. The van der Waals surface area contributed by atoms with E-state index in [0.717, 1.165) is 37.1 Å². The summed E-state index contributed by atoms with van der Waals surface area (Å²) >= 11 is 0. The molecule has 1 aliphatic heterocycles. The van der Waals surface area contributed by atoms with Crippen LogP contribution in [-0.2, 0) is 11.3 Å². The lowest BCUT2D eigenvalue weighted by molar-refractivity contribution is -0.116. The third-order valence-electron chi connectivity index (χ3n) is 4.56. The summed E-state index contributed by atoms with van der Waals surface area (Å²) in [5.74, 6) is -0.0401. The van der Waals surface area contributed by atoms with Crippen molar-refractivity contribution in [3.63, 3.8) is 0 Å². The minimum Gasteiger partial charge on any atom is -0.348 e. The van der Waals surface area contributed by atoms with Crippen LogP contribution in [-0.4, -0.2) is 54.8 Å². The summed E-state index contributed by atoms with van der Waals surface area (Å²) < 4.78 is 0. The molecule has 25 heavy (non-hydrogen) atoms. The third-order valence-corrected chi connectivity index (χ3v) is 4.56. The Morgan fingerprint density at radius 1 is 1.28 bits per heavy atom. The fraction of sp³-hybridized carbons (Fsp3) is 0.500. The molecule has 136 valence electrons. The van der Waals surface area contributed by atoms with Crippen molar-refractivity contribution in [1.29, 1.82) is 0 Å². The van der Waals surface area contributed by atoms with Gasteiger partial charge in [-0.25, -0.2) is 0 Å². The molecule has 0 unspecified atom stereocenters. The van der Waals surface area contributed by atoms with Crippen LogP contribution in [0.5, 0.6) is 0 Å². The van der Waals surface area contributed by atoms with Gasteiger partial charge in [0.1, 0.15) is 0 Å². The van der Waals surface area contributed by atoms with Gasteiger partial charge in [0.05, 0.1) is 0 Å². The number of hydrogen-bond donors (Lipinski definition) is 1. The summed E-state index contributed by atoms with van der Waals surface area (Å²) in [7, 11) is 3.99. The van der Waals surface area contributed by atoms with Crippen LogP contribution >= 0.6 is 0 Å². The molecule has 5 nitrogen and oxygen atoms in total. The zero-order valence-corrected chi connectivity index (χ0v) is 15.7. The normalized spacial score (nSPS) is 17.7. The van der Waals surface area contributed by atoms with Crippen LogP contribution in [0.4, 0.5) is 0 Å². The van der Waals surface area contributed by atoms with E-state index in [0.29, 0.717) is 12.1 Å². The van der Waals surface area contributed by atoms with Crippen molar-refractivity contribution in [2.24, 2.45) is 0 Å². The van der Waals surface area contributed by atoms with Gasteiger partial charge < -0.3 is 15.1 Å². The number of benzene rings is 1. The Balaban J connectivity index is 1.93. The molecule has 2 rings (SSSR count). The highest BCUT2D eigenvalue weighted by Crippen LogP contribution is 2.16. The highest BCUT2D eigenvalue weighted by molar-refractivity contribution is 5.94. The number of piperidine rings is 1. The highest BCUT2D eigenvalue weighted by atomic mass is 16.2. The van der Waals surface area contributed by atoms with E-state index in [1.807, 2.05) is 50.1 Å². The van der Waals surface area contributed by atoms with Gasteiger partial charge in [0.15, 0.2) is 0 Å². The van der Waals surface area contributed by atoms with E-state index in [2.05, 4.69) is 17.3 Å². The second kappa shape index (κ2) is 8.81. The number of carbonyl (C=O) groups excluding carboxylic acids is 2. The first-order valence-electron chi connectivity index (χ1n) is 8.84. The van der Waals surface area contributed by atoms with Gasteiger partial charge in [-0.05, 0) is 58.0 Å². The van der Waals surface area contributed by atoms with Gasteiger partial charge in [-0.15, -0.1) is 0 Å². The highest BCUT2D eigenvalue weighted by Gasteiger charge is 2.25. The maximum atomic E-state index is 12.7. The van der Waals surface area contributed by atoms with Crippen LogP contribution in [0.15, 0.2) is 35.9 Å². The quantitative estimate of drug-likeness (QED) is 0.836. The average molecular weight is 343 g/mol. The minimum atomic E-state index is -0.0960. The predicted octanol–water partition coefficient (Wildman–Crippen LogP) is 2.44. The van der Waals surface area contributed by atoms with Gasteiger partial charge in [0.2, 0.25) is 5.91 Å². The lowest BCUT2D eigenvalue weighted by Gasteiger charge is -2.35. The van der Waals surface area contributed by atoms with Crippen molar-refractivity contribution in [2.45, 2.75) is 39.3 Å². The molecule has 1 heterocycles. The topological polar surface area (TPSA) is 52.7 Å². The van der Waals surface area contributed by atoms with Crippen molar-refractivity contribution in [3.8, 4) is 0 Å². The molecule has 1 saturated heterocycles. The van der Waals surface area contributed by atoms with Gasteiger partial charge in [-0.2, -0.15) is 0 Å². The number of rotatable bonds is 5. The van der Waals surface area contributed by atoms with Gasteiger partial charge in [0.25, 0.3) is 5.91 Å². The van der Waals surface area contributed by atoms with Crippen molar-refractivity contribution in [2.75, 3.05) is 27.2 Å². The smallest absolute Gasteiger partial charge is 0.253 e. The van der Waals surface area contributed by atoms with Gasteiger partial charge in [-0.1, -0.05) is 17.7 Å². The molecule has 0 bridgehead atoms. The maximum absolute atomic E-state index is 12.7. The summed E-state index contributed by atoms with van der Waals surface area (Å²) in [6.07, 6.45) is 3.76. The van der Waals surface area contributed by atoms with E-state index in [4.69, 9.17) is 0 Å². The minimum absolute atomic E-state index is 0.0560. The number of amides is 2. The zero-order valence-electron chi connectivity index (χ0n) is 15.7. The SMILES string of the molecule is CC(C)=CC(=O)NCc1ccc(C(=O)N(C)[C@@H]2CCCN(C)C2)cc1. The van der Waals surface area contributed by atoms with E-state index < -0.39 is 0 Å². The van der Waals surface area contributed by atoms with E-state index in [1.165, 1.54) is 0 Å². The Hall–Kier alpha value is -2.14. The second-order valence-corrected chi connectivity index (χ2v) is 7.11. The molecule has 1 fully saturated rings. The van der Waals surface area contributed by atoms with Crippen molar-refractivity contribution in [1.82, 2.24) is 15.1 Å². The molecular weight excluding hydrogens is 314 g/mol. The lowest BCUT2D eigenvalue weighted by atomic mass is 10.0. The molecule has 0 aliphatic carbocycles. The number of nitrogens with one attached hydrogen (secondary N) is 1. The number of likely N-dealkylation sites (N-methyl/N-ethyl adjacent to an activating group) is 2. The van der Waals surface area contributed by atoms with Crippen LogP contribution in [0.3, 0.4) is 0 Å². The first kappa shape index (κ1) is 19.2. The molecule has 0 aromatic heterocycles. The number of nitrogens with zero attached hydrogens (tertiary/aromatic N) is 2. The van der Waals surface area contributed by atoms with Gasteiger partial charge >= 0.3 is 0 Å². The van der Waals surface area contributed by atoms with Gasteiger partial charge in [-0.3, -0.25) is 9.59 Å². The Labute approximate surface area is 150 Å². The molecule has 1 atom stereocenters. The number of hydrogen-bond acceptors (Lipinski definition) is 3. The molecule has 1 aromatic carbocycles. The number of likely N-dealkylation sites (tertiary alicyclic amines) is 1. The van der Waals surface area contributed by atoms with E-state index in [-0.39, 0.29) is 17.9 Å². The monoisotopic (exact) mass is 343 g/mol. The zero-order chi connectivity index (χ0) is 18.4. The maximum Gasteiger partial charge on any atom is 0.253 e. The molecule has 0 saturated carbocycles. The van der Waals surface area contributed by atoms with Crippen LogP contribution in [0.25, 0.3) is 0 Å². The van der Waals surface area contributed by atoms with E-state index in [1.54, 1.807) is 6.08 Å². The number of carbonyl (C=O) groups is 2. The average Bonchev–Trinajstić information content (AvgIpc) is 2.58. The Morgan fingerprint density at radius 2 is 1.96 bits per heavy atom. The fourth-order valence-electron chi connectivity index (χ4n) is 3.09. The molecule has 1 aliphatic rings. The van der Waals surface area contributed by atoms with Crippen molar-refractivity contribution in [3.05, 3.63) is 47.0 Å².